The van der Waals surface area contributed by atoms with Crippen LogP contribution in [0, 0.1) is 5.82 Å². The first-order valence-electron chi connectivity index (χ1n) is 8.22. The lowest BCUT2D eigenvalue weighted by atomic mass is 10.1. The summed E-state index contributed by atoms with van der Waals surface area (Å²) in [6.07, 6.45) is 0. The third-order valence-electron chi connectivity index (χ3n) is 4.37. The maximum absolute atomic E-state index is 13.8. The molecule has 0 spiro atoms. The molecule has 1 amide bonds. The number of rotatable bonds is 4. The molecule has 0 saturated carbocycles. The lowest BCUT2D eigenvalue weighted by molar-refractivity contribution is 0.0693. The number of amides is 1. The van der Waals surface area contributed by atoms with Crippen molar-refractivity contribution in [2.24, 2.45) is 0 Å². The van der Waals surface area contributed by atoms with Crippen molar-refractivity contribution in [2.45, 2.75) is 4.90 Å². The largest absolute Gasteiger partial charge is 0.495 e. The van der Waals surface area contributed by atoms with E-state index in [1.54, 1.807) is 12.1 Å². The Morgan fingerprint density at radius 1 is 1.11 bits per heavy atom. The third-order valence-corrected chi connectivity index (χ3v) is 6.53. The monoisotopic (exact) mass is 412 g/mol. The first kappa shape index (κ1) is 19.6. The molecule has 0 N–H and O–H groups in total. The number of carbonyl (C=O) groups is 1. The van der Waals surface area contributed by atoms with E-state index in [1.165, 1.54) is 46.6 Å². The lowest BCUT2D eigenvalue weighted by Gasteiger charge is -2.34. The Bertz CT molecular complexity index is 960. The van der Waals surface area contributed by atoms with Crippen molar-refractivity contribution in [1.29, 1.82) is 0 Å². The van der Waals surface area contributed by atoms with Crippen LogP contribution in [0.1, 0.15) is 10.4 Å². The molecule has 1 aliphatic heterocycles. The van der Waals surface area contributed by atoms with Crippen molar-refractivity contribution < 1.29 is 22.3 Å². The van der Waals surface area contributed by atoms with Gasteiger partial charge in [0.25, 0.3) is 5.91 Å². The third kappa shape index (κ3) is 3.92. The molecule has 1 heterocycles. The van der Waals surface area contributed by atoms with Gasteiger partial charge < -0.3 is 9.64 Å². The molecule has 0 bridgehead atoms. The number of piperazine rings is 1. The SMILES string of the molecule is COc1ccc(Cl)cc1S(=O)(=O)N1CCN(C(=O)c2ccccc2F)CC1. The summed E-state index contributed by atoms with van der Waals surface area (Å²) >= 11 is 5.94. The minimum absolute atomic E-state index is 0.0219. The van der Waals surface area contributed by atoms with Gasteiger partial charge in [0.15, 0.2) is 0 Å². The van der Waals surface area contributed by atoms with Gasteiger partial charge in [0.2, 0.25) is 10.0 Å². The van der Waals surface area contributed by atoms with Crippen LogP contribution < -0.4 is 4.74 Å². The summed E-state index contributed by atoms with van der Waals surface area (Å²) in [4.78, 5) is 13.9. The van der Waals surface area contributed by atoms with E-state index in [9.17, 15) is 17.6 Å². The Balaban J connectivity index is 1.76. The predicted molar refractivity (Wildman–Crippen MR) is 99.1 cm³/mol. The minimum Gasteiger partial charge on any atom is -0.495 e. The Morgan fingerprint density at radius 2 is 1.78 bits per heavy atom. The fourth-order valence-electron chi connectivity index (χ4n) is 2.93. The van der Waals surface area contributed by atoms with Gasteiger partial charge in [-0.15, -0.1) is 0 Å². The fraction of sp³-hybridized carbons (Fsp3) is 0.278. The van der Waals surface area contributed by atoms with Crippen LogP contribution in [0.15, 0.2) is 47.4 Å². The van der Waals surface area contributed by atoms with Crippen molar-refractivity contribution in [3.8, 4) is 5.75 Å². The molecule has 0 unspecified atom stereocenters. The van der Waals surface area contributed by atoms with Crippen molar-refractivity contribution in [3.63, 3.8) is 0 Å². The average Bonchev–Trinajstić information content (AvgIpc) is 2.68. The molecular weight excluding hydrogens is 395 g/mol. The van der Waals surface area contributed by atoms with Gasteiger partial charge in [-0.25, -0.2) is 12.8 Å². The number of hydrogen-bond acceptors (Lipinski definition) is 4. The lowest BCUT2D eigenvalue weighted by Crippen LogP contribution is -2.50. The summed E-state index contributed by atoms with van der Waals surface area (Å²) in [5.41, 5.74) is -0.0229. The molecular formula is C18H18ClFN2O4S. The van der Waals surface area contributed by atoms with Crippen molar-refractivity contribution in [2.75, 3.05) is 33.3 Å². The highest BCUT2D eigenvalue weighted by Crippen LogP contribution is 2.30. The highest BCUT2D eigenvalue weighted by atomic mass is 35.5. The zero-order valence-electron chi connectivity index (χ0n) is 14.6. The van der Waals surface area contributed by atoms with Gasteiger partial charge in [0.05, 0.1) is 12.7 Å². The quantitative estimate of drug-likeness (QED) is 0.774. The maximum atomic E-state index is 13.8. The number of methoxy groups -OCH3 is 1. The molecule has 0 aromatic heterocycles. The molecule has 2 aromatic rings. The van der Waals surface area contributed by atoms with Crippen LogP contribution in [0.3, 0.4) is 0 Å². The van der Waals surface area contributed by atoms with Gasteiger partial charge in [-0.05, 0) is 30.3 Å². The van der Waals surface area contributed by atoms with Crippen molar-refractivity contribution >= 4 is 27.5 Å². The summed E-state index contributed by atoms with van der Waals surface area (Å²) in [7, 11) is -2.46. The molecule has 0 radical (unpaired) electrons. The maximum Gasteiger partial charge on any atom is 0.256 e. The van der Waals surface area contributed by atoms with Gasteiger partial charge >= 0.3 is 0 Å². The molecule has 3 rings (SSSR count). The van der Waals surface area contributed by atoms with Crippen LogP contribution in [0.4, 0.5) is 4.39 Å². The van der Waals surface area contributed by atoms with Crippen LogP contribution in [0.25, 0.3) is 0 Å². The number of benzene rings is 2. The first-order chi connectivity index (χ1) is 12.8. The second kappa shape index (κ2) is 7.84. The van der Waals surface area contributed by atoms with E-state index < -0.39 is 21.7 Å². The molecule has 6 nitrogen and oxygen atoms in total. The first-order valence-corrected chi connectivity index (χ1v) is 10.0. The van der Waals surface area contributed by atoms with E-state index >= 15 is 0 Å². The number of carbonyl (C=O) groups excluding carboxylic acids is 1. The van der Waals surface area contributed by atoms with E-state index in [0.717, 1.165) is 0 Å². The highest BCUT2D eigenvalue weighted by molar-refractivity contribution is 7.89. The molecule has 144 valence electrons. The number of nitrogens with zero attached hydrogens (tertiary/aromatic N) is 2. The summed E-state index contributed by atoms with van der Waals surface area (Å²) in [5.74, 6) is -0.851. The van der Waals surface area contributed by atoms with E-state index in [1.807, 2.05) is 0 Å². The smallest absolute Gasteiger partial charge is 0.256 e. The van der Waals surface area contributed by atoms with Gasteiger partial charge in [0, 0.05) is 31.2 Å². The van der Waals surface area contributed by atoms with Crippen LogP contribution in [-0.2, 0) is 10.0 Å². The van der Waals surface area contributed by atoms with Crippen LogP contribution in [0.2, 0.25) is 5.02 Å². The number of halogens is 2. The summed E-state index contributed by atoms with van der Waals surface area (Å²) in [6, 6.07) is 10.1. The van der Waals surface area contributed by atoms with Crippen molar-refractivity contribution in [3.05, 3.63) is 58.9 Å². The predicted octanol–water partition coefficient (Wildman–Crippen LogP) is 2.63. The Morgan fingerprint density at radius 3 is 2.41 bits per heavy atom. The Hall–Kier alpha value is -2.16. The number of sulfonamides is 1. The standard InChI is InChI=1S/C18H18ClFN2O4S/c1-26-16-7-6-13(19)12-17(16)27(24,25)22-10-8-21(9-11-22)18(23)14-4-2-3-5-15(14)20/h2-7,12H,8-11H2,1H3. The van der Waals surface area contributed by atoms with Gasteiger partial charge in [-0.2, -0.15) is 4.31 Å². The molecule has 1 fully saturated rings. The highest BCUT2D eigenvalue weighted by Gasteiger charge is 2.33. The minimum atomic E-state index is -3.84. The molecule has 0 atom stereocenters. The average molecular weight is 413 g/mol. The van der Waals surface area contributed by atoms with Gasteiger partial charge in [-0.1, -0.05) is 23.7 Å². The van der Waals surface area contributed by atoms with Crippen LogP contribution in [-0.4, -0.2) is 56.8 Å². The summed E-state index contributed by atoms with van der Waals surface area (Å²) in [6.45, 7) is 0.515. The zero-order chi connectivity index (χ0) is 19.6. The topological polar surface area (TPSA) is 66.9 Å². The molecule has 2 aromatic carbocycles. The van der Waals surface area contributed by atoms with E-state index in [-0.39, 0.29) is 47.4 Å². The zero-order valence-corrected chi connectivity index (χ0v) is 16.1. The van der Waals surface area contributed by atoms with E-state index in [4.69, 9.17) is 16.3 Å². The normalized spacial score (nSPS) is 15.6. The Labute approximate surface area is 162 Å². The van der Waals surface area contributed by atoms with Gasteiger partial charge in [-0.3, -0.25) is 4.79 Å². The van der Waals surface area contributed by atoms with Crippen LogP contribution in [0.5, 0.6) is 5.75 Å². The van der Waals surface area contributed by atoms with Crippen LogP contribution >= 0.6 is 11.6 Å². The van der Waals surface area contributed by atoms with Crippen molar-refractivity contribution in [1.82, 2.24) is 9.21 Å². The molecule has 1 saturated heterocycles. The second-order valence-corrected chi connectivity index (χ2v) is 8.31. The van der Waals surface area contributed by atoms with E-state index in [0.29, 0.717) is 0 Å². The molecule has 9 heteroatoms. The number of ether oxygens (including phenoxy) is 1. The summed E-state index contributed by atoms with van der Waals surface area (Å²) < 4.78 is 46.1. The number of hydrogen-bond donors (Lipinski definition) is 0. The fourth-order valence-corrected chi connectivity index (χ4v) is 4.77. The molecule has 27 heavy (non-hydrogen) atoms. The summed E-state index contributed by atoms with van der Waals surface area (Å²) in [5, 5.41) is 0.280. The van der Waals surface area contributed by atoms with E-state index in [2.05, 4.69) is 0 Å². The Kier molecular flexibility index (Phi) is 5.69. The second-order valence-electron chi connectivity index (χ2n) is 5.97. The molecule has 1 aliphatic rings. The van der Waals surface area contributed by atoms with Gasteiger partial charge in [0.1, 0.15) is 16.5 Å². The molecule has 0 aliphatic carbocycles.